The number of carbonyl (C=O) groups excluding carboxylic acids is 1. The van der Waals surface area contributed by atoms with Crippen LogP contribution in [0.1, 0.15) is 22.3 Å². The Morgan fingerprint density at radius 1 is 1.26 bits per heavy atom. The number of rotatable bonds is 5. The van der Waals surface area contributed by atoms with E-state index in [1.807, 2.05) is 32.1 Å². The fourth-order valence-corrected chi connectivity index (χ4v) is 3.64. The highest BCUT2D eigenvalue weighted by Crippen LogP contribution is 2.17. The van der Waals surface area contributed by atoms with E-state index in [-0.39, 0.29) is 49.2 Å². The van der Waals surface area contributed by atoms with Crippen molar-refractivity contribution in [3.05, 3.63) is 34.0 Å². The maximum Gasteiger partial charge on any atom is 0.244 e. The highest BCUT2D eigenvalue weighted by molar-refractivity contribution is 7.09. The highest BCUT2D eigenvalue weighted by atomic mass is 35.5. The number of aryl methyl sites for hydroxylation is 2. The van der Waals surface area contributed by atoms with E-state index in [4.69, 9.17) is 0 Å². The van der Waals surface area contributed by atoms with Gasteiger partial charge in [0.05, 0.1) is 16.9 Å². The van der Waals surface area contributed by atoms with Gasteiger partial charge in [-0.15, -0.1) is 48.6 Å². The molecule has 0 aromatic carbocycles. The fourth-order valence-electron chi connectivity index (χ4n) is 3.04. The molecule has 0 bridgehead atoms. The van der Waals surface area contributed by atoms with Crippen molar-refractivity contribution in [2.45, 2.75) is 19.5 Å². The van der Waals surface area contributed by atoms with Crippen molar-refractivity contribution in [3.8, 4) is 0 Å². The summed E-state index contributed by atoms with van der Waals surface area (Å²) in [5.74, 6) is 0.120. The van der Waals surface area contributed by atoms with E-state index in [9.17, 15) is 4.79 Å². The number of nitrogens with zero attached hydrogens (tertiary/aromatic N) is 5. The Kier molecular flexibility index (Phi) is 11.4. The van der Waals surface area contributed by atoms with Crippen molar-refractivity contribution in [1.29, 1.82) is 0 Å². The zero-order valence-corrected chi connectivity index (χ0v) is 18.9. The number of amides is 1. The average Bonchev–Trinajstić information content (AvgIpc) is 3.17. The van der Waals surface area contributed by atoms with Crippen LogP contribution in [0, 0.1) is 6.92 Å². The Morgan fingerprint density at radius 2 is 1.93 bits per heavy atom. The minimum Gasteiger partial charge on any atom is -0.338 e. The first kappa shape index (κ1) is 26.1. The molecule has 0 spiro atoms. The molecule has 1 saturated heterocycles. The van der Waals surface area contributed by atoms with E-state index in [1.54, 1.807) is 22.2 Å². The lowest BCUT2D eigenvalue weighted by Gasteiger charge is -2.36. The zero-order chi connectivity index (χ0) is 17.1. The standard InChI is InChI=1S/C16H24N6OS.3ClH/c1-12-19-14(11-24-12)10-21-4-6-22(7-5-21)16(23)15(17-2)13-8-18-20(3)9-13;;;/h8-9,11,15,17H,4-7,10H2,1-3H3;3*1H. The minimum absolute atomic E-state index is 0. The van der Waals surface area contributed by atoms with Gasteiger partial charge < -0.3 is 10.2 Å². The normalized spacial score (nSPS) is 15.3. The van der Waals surface area contributed by atoms with E-state index in [1.165, 1.54) is 0 Å². The monoisotopic (exact) mass is 456 g/mol. The van der Waals surface area contributed by atoms with Crippen molar-refractivity contribution in [1.82, 2.24) is 29.9 Å². The van der Waals surface area contributed by atoms with Crippen LogP contribution >= 0.6 is 48.6 Å². The number of halogens is 3. The van der Waals surface area contributed by atoms with Gasteiger partial charge >= 0.3 is 0 Å². The van der Waals surface area contributed by atoms with Gasteiger partial charge in [0.25, 0.3) is 0 Å². The van der Waals surface area contributed by atoms with E-state index in [0.29, 0.717) is 0 Å². The summed E-state index contributed by atoms with van der Waals surface area (Å²) in [5.41, 5.74) is 2.03. The topological polar surface area (TPSA) is 66.3 Å². The van der Waals surface area contributed by atoms with Crippen LogP contribution in [0.4, 0.5) is 0 Å². The van der Waals surface area contributed by atoms with Gasteiger partial charge in [-0.3, -0.25) is 14.4 Å². The lowest BCUT2D eigenvalue weighted by Crippen LogP contribution is -2.51. The Bertz CT molecular complexity index is 702. The average molecular weight is 458 g/mol. The maximum atomic E-state index is 12.8. The second-order valence-electron chi connectivity index (χ2n) is 6.13. The molecule has 7 nitrogen and oxygen atoms in total. The minimum atomic E-state index is -0.327. The summed E-state index contributed by atoms with van der Waals surface area (Å²) in [5, 5.41) is 10.5. The summed E-state index contributed by atoms with van der Waals surface area (Å²) < 4.78 is 1.72. The summed E-state index contributed by atoms with van der Waals surface area (Å²) in [6, 6.07) is -0.327. The molecule has 1 unspecified atom stereocenters. The Hall–Kier alpha value is -0.900. The maximum absolute atomic E-state index is 12.8. The number of thiazole rings is 1. The Balaban J connectivity index is 0.00000225. The molecule has 0 aliphatic carbocycles. The molecule has 0 saturated carbocycles. The number of carbonyl (C=O) groups is 1. The van der Waals surface area contributed by atoms with Crippen molar-refractivity contribution < 1.29 is 4.79 Å². The quantitative estimate of drug-likeness (QED) is 0.744. The SMILES string of the molecule is CNC(C(=O)N1CCN(Cc2csc(C)n2)CC1)c1cnn(C)c1.Cl.Cl.Cl. The van der Waals surface area contributed by atoms with E-state index >= 15 is 0 Å². The molecule has 2 aromatic rings. The molecular formula is C16H27Cl3N6OS. The van der Waals surface area contributed by atoms with Crippen molar-refractivity contribution in [2.75, 3.05) is 33.2 Å². The van der Waals surface area contributed by atoms with Crippen LogP contribution in [0.3, 0.4) is 0 Å². The molecule has 2 aromatic heterocycles. The fraction of sp³-hybridized carbons (Fsp3) is 0.562. The Morgan fingerprint density at radius 3 is 2.41 bits per heavy atom. The highest BCUT2D eigenvalue weighted by Gasteiger charge is 2.28. The molecule has 1 fully saturated rings. The molecule has 1 N–H and O–H groups in total. The molecule has 1 aliphatic rings. The third kappa shape index (κ3) is 6.58. The summed E-state index contributed by atoms with van der Waals surface area (Å²) in [7, 11) is 3.68. The predicted molar refractivity (Wildman–Crippen MR) is 115 cm³/mol. The van der Waals surface area contributed by atoms with Gasteiger partial charge in [-0.05, 0) is 14.0 Å². The van der Waals surface area contributed by atoms with Crippen LogP contribution in [-0.4, -0.2) is 63.7 Å². The number of aromatic nitrogens is 3. The van der Waals surface area contributed by atoms with Crippen LogP contribution in [-0.2, 0) is 18.4 Å². The molecule has 1 atom stereocenters. The number of hydrogen-bond acceptors (Lipinski definition) is 6. The Labute approximate surface area is 182 Å². The number of nitrogens with one attached hydrogen (secondary N) is 1. The van der Waals surface area contributed by atoms with E-state index in [2.05, 4.69) is 25.7 Å². The zero-order valence-electron chi connectivity index (χ0n) is 15.6. The van der Waals surface area contributed by atoms with Crippen LogP contribution in [0.2, 0.25) is 0 Å². The lowest BCUT2D eigenvalue weighted by molar-refractivity contribution is -0.135. The lowest BCUT2D eigenvalue weighted by atomic mass is 10.1. The molecule has 0 radical (unpaired) electrons. The molecule has 1 aliphatic heterocycles. The van der Waals surface area contributed by atoms with Gasteiger partial charge in [-0.25, -0.2) is 4.98 Å². The number of likely N-dealkylation sites (N-methyl/N-ethyl adjacent to an activating group) is 1. The first-order valence-electron chi connectivity index (χ1n) is 8.15. The second kappa shape index (κ2) is 11.8. The van der Waals surface area contributed by atoms with Crippen molar-refractivity contribution >= 4 is 54.5 Å². The van der Waals surface area contributed by atoms with Crippen LogP contribution in [0.15, 0.2) is 17.8 Å². The van der Waals surface area contributed by atoms with Crippen molar-refractivity contribution in [2.24, 2.45) is 7.05 Å². The number of hydrogen-bond donors (Lipinski definition) is 1. The first-order chi connectivity index (χ1) is 11.6. The third-order valence-electron chi connectivity index (χ3n) is 4.33. The second-order valence-corrected chi connectivity index (χ2v) is 7.19. The van der Waals surface area contributed by atoms with Crippen LogP contribution in [0.25, 0.3) is 0 Å². The van der Waals surface area contributed by atoms with Gasteiger partial charge in [0, 0.05) is 56.9 Å². The van der Waals surface area contributed by atoms with Gasteiger partial charge in [0.15, 0.2) is 0 Å². The third-order valence-corrected chi connectivity index (χ3v) is 5.15. The first-order valence-corrected chi connectivity index (χ1v) is 9.02. The summed E-state index contributed by atoms with van der Waals surface area (Å²) in [4.78, 5) is 21.6. The molecular weight excluding hydrogens is 431 g/mol. The van der Waals surface area contributed by atoms with E-state index in [0.717, 1.165) is 49.0 Å². The smallest absolute Gasteiger partial charge is 0.244 e. The summed E-state index contributed by atoms with van der Waals surface area (Å²) >= 11 is 1.69. The molecule has 154 valence electrons. The molecule has 3 heterocycles. The van der Waals surface area contributed by atoms with Crippen molar-refractivity contribution in [3.63, 3.8) is 0 Å². The molecule has 3 rings (SSSR count). The molecule has 1 amide bonds. The summed E-state index contributed by atoms with van der Waals surface area (Å²) in [6.07, 6.45) is 3.64. The summed E-state index contributed by atoms with van der Waals surface area (Å²) in [6.45, 7) is 6.16. The molecule has 27 heavy (non-hydrogen) atoms. The van der Waals surface area contributed by atoms with Gasteiger partial charge in [-0.1, -0.05) is 0 Å². The van der Waals surface area contributed by atoms with Crippen LogP contribution < -0.4 is 5.32 Å². The van der Waals surface area contributed by atoms with Gasteiger partial charge in [0.1, 0.15) is 6.04 Å². The van der Waals surface area contributed by atoms with Gasteiger partial charge in [-0.2, -0.15) is 5.10 Å². The number of piperazine rings is 1. The van der Waals surface area contributed by atoms with Crippen LogP contribution in [0.5, 0.6) is 0 Å². The predicted octanol–water partition coefficient (Wildman–Crippen LogP) is 2.06. The van der Waals surface area contributed by atoms with Gasteiger partial charge in [0.2, 0.25) is 5.91 Å². The van der Waals surface area contributed by atoms with E-state index < -0.39 is 0 Å². The largest absolute Gasteiger partial charge is 0.338 e. The molecule has 11 heteroatoms.